The van der Waals surface area contributed by atoms with E-state index in [-0.39, 0.29) is 5.69 Å². The predicted octanol–water partition coefficient (Wildman–Crippen LogP) is 2.47. The summed E-state index contributed by atoms with van der Waals surface area (Å²) in [5, 5.41) is 8.94. The molecule has 0 fully saturated rings. The third kappa shape index (κ3) is 2.26. The minimum atomic E-state index is -0.402. The van der Waals surface area contributed by atoms with E-state index in [1.54, 1.807) is 6.33 Å². The highest BCUT2D eigenvalue weighted by Crippen LogP contribution is 2.19. The normalized spacial score (nSPS) is 11.2. The molecule has 5 rings (SSSR count). The topological polar surface area (TPSA) is 77.5 Å². The fourth-order valence-electron chi connectivity index (χ4n) is 2.86. The summed E-state index contributed by atoms with van der Waals surface area (Å²) in [7, 11) is 0. The highest BCUT2D eigenvalue weighted by Gasteiger charge is 2.13. The minimum Gasteiger partial charge on any atom is -0.265 e. The van der Waals surface area contributed by atoms with Gasteiger partial charge in [-0.05, 0) is 0 Å². The summed E-state index contributed by atoms with van der Waals surface area (Å²) in [5.41, 5.74) is 2.91. The van der Waals surface area contributed by atoms with Crippen molar-refractivity contribution in [3.8, 4) is 22.5 Å². The molecule has 0 atom stereocenters. The average molecular weight is 340 g/mol. The largest absolute Gasteiger partial charge is 0.301 e. The first kappa shape index (κ1) is 14.5. The Hall–Kier alpha value is -3.87. The molecule has 0 unspecified atom stereocenters. The standard InChI is InChI=1S/C19H12N6O/c26-18-17(14-9-5-2-6-10-14)23-24-12-20-16-11-15(13-7-3-1-4-8-13)22-25(16)19(24)21-18/h1-12H. The SMILES string of the molecule is O=c1nc2n(cnc3cc(-c4ccccc4)nn32)nc1-c1ccccc1. The zero-order valence-electron chi connectivity index (χ0n) is 13.5. The molecule has 0 saturated carbocycles. The summed E-state index contributed by atoms with van der Waals surface area (Å²) in [6, 6.07) is 20.9. The van der Waals surface area contributed by atoms with Crippen LogP contribution in [0.2, 0.25) is 0 Å². The van der Waals surface area contributed by atoms with Gasteiger partial charge in [-0.15, -0.1) is 0 Å². The number of hydrogen-bond donors (Lipinski definition) is 0. The van der Waals surface area contributed by atoms with E-state index in [0.717, 1.165) is 11.3 Å². The van der Waals surface area contributed by atoms with Gasteiger partial charge in [0, 0.05) is 17.2 Å². The molecule has 2 aromatic carbocycles. The molecule has 7 heteroatoms. The lowest BCUT2D eigenvalue weighted by atomic mass is 10.2. The third-order valence-corrected chi connectivity index (χ3v) is 4.11. The van der Waals surface area contributed by atoms with Crippen LogP contribution in [-0.2, 0) is 0 Å². The molecule has 0 amide bonds. The summed E-state index contributed by atoms with van der Waals surface area (Å²) >= 11 is 0. The van der Waals surface area contributed by atoms with Crippen molar-refractivity contribution < 1.29 is 0 Å². The zero-order valence-corrected chi connectivity index (χ0v) is 13.5. The van der Waals surface area contributed by atoms with E-state index in [1.807, 2.05) is 66.7 Å². The highest BCUT2D eigenvalue weighted by molar-refractivity contribution is 5.65. The number of hydrogen-bond acceptors (Lipinski definition) is 5. The minimum absolute atomic E-state index is 0.277. The van der Waals surface area contributed by atoms with Crippen LogP contribution in [0, 0.1) is 0 Å². The van der Waals surface area contributed by atoms with Gasteiger partial charge in [-0.2, -0.15) is 24.2 Å². The molecule has 0 aliphatic rings. The number of benzene rings is 2. The van der Waals surface area contributed by atoms with Gasteiger partial charge in [0.25, 0.3) is 5.78 Å². The van der Waals surface area contributed by atoms with E-state index in [2.05, 4.69) is 20.2 Å². The molecule has 0 aliphatic carbocycles. The van der Waals surface area contributed by atoms with Gasteiger partial charge >= 0.3 is 5.56 Å². The van der Waals surface area contributed by atoms with E-state index >= 15 is 0 Å². The monoisotopic (exact) mass is 340 g/mol. The van der Waals surface area contributed by atoms with Crippen LogP contribution < -0.4 is 5.56 Å². The van der Waals surface area contributed by atoms with Crippen molar-refractivity contribution in [3.05, 3.63) is 83.4 Å². The van der Waals surface area contributed by atoms with Crippen molar-refractivity contribution in [1.29, 1.82) is 0 Å². The van der Waals surface area contributed by atoms with Gasteiger partial charge in [0.1, 0.15) is 6.33 Å². The maximum absolute atomic E-state index is 12.5. The van der Waals surface area contributed by atoms with Crippen LogP contribution in [0.4, 0.5) is 0 Å². The summed E-state index contributed by atoms with van der Waals surface area (Å²) in [4.78, 5) is 21.1. The number of rotatable bonds is 2. The van der Waals surface area contributed by atoms with E-state index in [4.69, 9.17) is 0 Å². The van der Waals surface area contributed by atoms with Crippen molar-refractivity contribution >= 4 is 11.4 Å². The van der Waals surface area contributed by atoms with Crippen LogP contribution in [0.3, 0.4) is 0 Å². The van der Waals surface area contributed by atoms with E-state index < -0.39 is 5.56 Å². The van der Waals surface area contributed by atoms with Gasteiger partial charge in [-0.3, -0.25) is 4.79 Å². The Morgan fingerprint density at radius 3 is 2.23 bits per heavy atom. The van der Waals surface area contributed by atoms with Crippen molar-refractivity contribution in [3.63, 3.8) is 0 Å². The molecule has 124 valence electrons. The predicted molar refractivity (Wildman–Crippen MR) is 96.7 cm³/mol. The lowest BCUT2D eigenvalue weighted by Gasteiger charge is -2.04. The van der Waals surface area contributed by atoms with E-state index in [1.165, 1.54) is 9.03 Å². The Kier molecular flexibility index (Phi) is 3.11. The molecule has 0 bridgehead atoms. The Bertz CT molecular complexity index is 1290. The number of fused-ring (bicyclic) bond motifs is 3. The molecule has 0 aliphatic heterocycles. The van der Waals surface area contributed by atoms with E-state index in [0.29, 0.717) is 17.0 Å². The molecule has 7 nitrogen and oxygen atoms in total. The lowest BCUT2D eigenvalue weighted by Crippen LogP contribution is -2.18. The van der Waals surface area contributed by atoms with Crippen LogP contribution in [0.15, 0.2) is 77.9 Å². The van der Waals surface area contributed by atoms with Crippen LogP contribution in [0.1, 0.15) is 0 Å². The fraction of sp³-hybridized carbons (Fsp3) is 0. The summed E-state index contributed by atoms with van der Waals surface area (Å²) in [5.74, 6) is 0.321. The first-order valence-corrected chi connectivity index (χ1v) is 8.06. The molecule has 3 heterocycles. The van der Waals surface area contributed by atoms with Gasteiger partial charge in [-0.25, -0.2) is 4.98 Å². The van der Waals surface area contributed by atoms with Crippen LogP contribution >= 0.6 is 0 Å². The molecular formula is C19H12N6O. The molecule has 26 heavy (non-hydrogen) atoms. The number of nitrogens with zero attached hydrogens (tertiary/aromatic N) is 6. The first-order valence-electron chi connectivity index (χ1n) is 8.06. The Morgan fingerprint density at radius 2 is 1.50 bits per heavy atom. The van der Waals surface area contributed by atoms with Gasteiger partial charge in [-0.1, -0.05) is 60.7 Å². The van der Waals surface area contributed by atoms with Crippen molar-refractivity contribution in [2.24, 2.45) is 0 Å². The van der Waals surface area contributed by atoms with Crippen LogP contribution in [-0.4, -0.2) is 29.2 Å². The smallest absolute Gasteiger partial charge is 0.265 e. The van der Waals surface area contributed by atoms with Crippen LogP contribution in [0.5, 0.6) is 0 Å². The Balaban J connectivity index is 1.75. The third-order valence-electron chi connectivity index (χ3n) is 4.11. The second kappa shape index (κ2) is 5.59. The summed E-state index contributed by atoms with van der Waals surface area (Å²) in [6.07, 6.45) is 1.54. The fourth-order valence-corrected chi connectivity index (χ4v) is 2.86. The van der Waals surface area contributed by atoms with Gasteiger partial charge < -0.3 is 0 Å². The molecule has 0 saturated heterocycles. The Labute approximate surface area is 147 Å². The zero-order chi connectivity index (χ0) is 17.5. The second-order valence-corrected chi connectivity index (χ2v) is 5.79. The maximum Gasteiger partial charge on any atom is 0.301 e. The van der Waals surface area contributed by atoms with E-state index in [9.17, 15) is 4.79 Å². The highest BCUT2D eigenvalue weighted by atomic mass is 16.1. The Morgan fingerprint density at radius 1 is 0.808 bits per heavy atom. The molecule has 5 aromatic rings. The summed E-state index contributed by atoms with van der Waals surface area (Å²) < 4.78 is 3.00. The van der Waals surface area contributed by atoms with Crippen molar-refractivity contribution in [2.45, 2.75) is 0 Å². The molecular weight excluding hydrogens is 328 g/mol. The van der Waals surface area contributed by atoms with Gasteiger partial charge in [0.15, 0.2) is 11.3 Å². The van der Waals surface area contributed by atoms with Crippen molar-refractivity contribution in [2.75, 3.05) is 0 Å². The summed E-state index contributed by atoms with van der Waals surface area (Å²) in [6.45, 7) is 0. The second-order valence-electron chi connectivity index (χ2n) is 5.79. The van der Waals surface area contributed by atoms with Crippen LogP contribution in [0.25, 0.3) is 33.9 Å². The number of aromatic nitrogens is 6. The van der Waals surface area contributed by atoms with Gasteiger partial charge in [0.05, 0.1) is 5.69 Å². The maximum atomic E-state index is 12.5. The van der Waals surface area contributed by atoms with Crippen molar-refractivity contribution in [1.82, 2.24) is 29.2 Å². The first-order chi connectivity index (χ1) is 12.8. The quantitative estimate of drug-likeness (QED) is 0.493. The molecule has 0 spiro atoms. The molecule has 0 radical (unpaired) electrons. The molecule has 0 N–H and O–H groups in total. The molecule has 3 aromatic heterocycles. The average Bonchev–Trinajstić information content (AvgIpc) is 3.14. The lowest BCUT2D eigenvalue weighted by molar-refractivity contribution is 0.790. The van der Waals surface area contributed by atoms with Gasteiger partial charge in [0.2, 0.25) is 0 Å².